The van der Waals surface area contributed by atoms with Gasteiger partial charge >= 0.3 is 26.8 Å². The van der Waals surface area contributed by atoms with Gasteiger partial charge in [-0.2, -0.15) is 0 Å². The summed E-state index contributed by atoms with van der Waals surface area (Å²) in [5.74, 6) is 0. The monoisotopic (exact) mass is 189 g/mol. The quantitative estimate of drug-likeness (QED) is 0.301. The third-order valence-corrected chi connectivity index (χ3v) is 0. The Balaban J connectivity index is -0.0000000133. The van der Waals surface area contributed by atoms with Crippen LogP contribution in [0.15, 0.2) is 0 Å². The van der Waals surface area contributed by atoms with Crippen molar-refractivity contribution in [2.75, 3.05) is 0 Å². The van der Waals surface area contributed by atoms with Gasteiger partial charge in [-0.05, 0) is 0 Å². The third kappa shape index (κ3) is 112. The van der Waals surface area contributed by atoms with Gasteiger partial charge in [-0.15, -0.1) is 4.20 Å². The molecule has 0 heterocycles. The van der Waals surface area contributed by atoms with E-state index in [0.717, 1.165) is 0 Å². The maximum Gasteiger partial charge on any atom is 1.00 e. The normalized spacial score (nSPS) is 7.38. The molecular weight excluding hydrogens is 183 g/mol. The summed E-state index contributed by atoms with van der Waals surface area (Å²) < 4.78 is 19.0. The minimum atomic E-state index is -5.14. The topological polar surface area (TPSA) is 57.5 Å². The summed E-state index contributed by atoms with van der Waals surface area (Å²) in [4.78, 5) is 13.9. The van der Waals surface area contributed by atoms with Gasteiger partial charge in [0.25, 0.3) is 0 Å². The average molecular weight is 189 g/mol. The second-order valence-electron chi connectivity index (χ2n) is 0.473. The molecule has 0 saturated carbocycles. The molecule has 2 N–H and O–H groups in total. The van der Waals surface area contributed by atoms with Crippen molar-refractivity contribution >= 4 is 25.3 Å². The predicted molar refractivity (Wildman–Crippen MR) is 24.2 cm³/mol. The summed E-state index contributed by atoms with van der Waals surface area (Å²) >= 11 is 0. The Kier molecular flexibility index (Phi) is 24.8. The van der Waals surface area contributed by atoms with Gasteiger partial charge in [0.15, 0.2) is 17.4 Å². The molecule has 8 heteroatoms. The molecule has 0 saturated heterocycles. The van der Waals surface area contributed by atoms with Crippen LogP contribution in [0.4, 0.5) is 4.20 Å². The van der Waals surface area contributed by atoms with Crippen LogP contribution < -0.4 is 18.9 Å². The zero-order valence-electron chi connectivity index (χ0n) is 4.58. The molecule has 0 aromatic carbocycles. The molecule has 8 heavy (non-hydrogen) atoms. The molecule has 0 spiro atoms. The first-order chi connectivity index (χ1) is 2.00. The Morgan fingerprint density at radius 2 is 1.50 bits per heavy atom. The largest absolute Gasteiger partial charge is 1.00 e. The standard InChI is InChI=1S/Al.FH2O3P.Li.V.4H/c;1-5(2,3)4;;;;;;/h;(H2,2,3,4);;;;;;/q;;+1;;;;;-1. The minimum absolute atomic E-state index is 0. The molecular formula is H6AlFLiO3PV. The van der Waals surface area contributed by atoms with Crippen LogP contribution in [-0.2, 0) is 23.1 Å². The van der Waals surface area contributed by atoms with E-state index in [9.17, 15) is 4.20 Å². The fraction of sp³-hybridized carbons (Fsp3) is 0. The summed E-state index contributed by atoms with van der Waals surface area (Å²) in [6.07, 6.45) is 0. The zero-order valence-corrected chi connectivity index (χ0v) is 5.87. The van der Waals surface area contributed by atoms with Crippen LogP contribution in [-0.4, -0.2) is 27.1 Å². The molecule has 0 aliphatic rings. The molecule has 0 aliphatic heterocycles. The van der Waals surface area contributed by atoms with E-state index in [2.05, 4.69) is 0 Å². The molecule has 0 aromatic heterocycles. The summed E-state index contributed by atoms with van der Waals surface area (Å²) in [7, 11) is -5.14. The van der Waals surface area contributed by atoms with Crippen molar-refractivity contribution in [1.82, 2.24) is 0 Å². The van der Waals surface area contributed by atoms with Crippen molar-refractivity contribution in [2.24, 2.45) is 0 Å². The Bertz CT molecular complexity index is 69.9. The van der Waals surface area contributed by atoms with Crippen LogP contribution in [0.25, 0.3) is 0 Å². The van der Waals surface area contributed by atoms with Crippen LogP contribution in [0.3, 0.4) is 0 Å². The smallest absolute Gasteiger partial charge is 1.00 e. The van der Waals surface area contributed by atoms with Gasteiger partial charge in [0.1, 0.15) is 0 Å². The predicted octanol–water partition coefficient (Wildman–Crippen LogP) is -4.02. The Morgan fingerprint density at radius 3 is 1.50 bits per heavy atom. The van der Waals surface area contributed by atoms with Crippen LogP contribution in [0, 0.1) is 0 Å². The first kappa shape index (κ1) is 22.6. The van der Waals surface area contributed by atoms with Gasteiger partial charge in [0, 0.05) is 18.6 Å². The van der Waals surface area contributed by atoms with Crippen molar-refractivity contribution in [2.45, 2.75) is 0 Å². The average Bonchev–Trinajstić information content (AvgIpc) is 0.722. The molecule has 0 amide bonds. The number of hydrogen-bond donors (Lipinski definition) is 2. The van der Waals surface area contributed by atoms with Crippen LogP contribution >= 0.6 is 7.91 Å². The molecule has 0 aliphatic carbocycles. The van der Waals surface area contributed by atoms with Gasteiger partial charge in [0.2, 0.25) is 0 Å². The van der Waals surface area contributed by atoms with E-state index in [-0.39, 0.29) is 56.2 Å². The molecule has 45 valence electrons. The second-order valence-corrected chi connectivity index (χ2v) is 1.42. The second kappa shape index (κ2) is 8.79. The summed E-state index contributed by atoms with van der Waals surface area (Å²) in [6.45, 7) is 0. The Hall–Kier alpha value is 1.79. The Morgan fingerprint density at radius 1 is 1.50 bits per heavy atom. The fourth-order valence-electron chi connectivity index (χ4n) is 0. The maximum absolute atomic E-state index is 10.4. The Labute approximate surface area is 82.4 Å². The van der Waals surface area contributed by atoms with Crippen molar-refractivity contribution in [3.8, 4) is 0 Å². The fourth-order valence-corrected chi connectivity index (χ4v) is 0. The molecule has 0 atom stereocenters. The first-order valence-electron chi connectivity index (χ1n) is 0.752. The van der Waals surface area contributed by atoms with Crippen molar-refractivity contribution < 1.29 is 57.4 Å². The van der Waals surface area contributed by atoms with Gasteiger partial charge < -0.3 is 1.43 Å². The number of rotatable bonds is 0. The van der Waals surface area contributed by atoms with E-state index in [4.69, 9.17) is 14.4 Å². The van der Waals surface area contributed by atoms with E-state index in [0.29, 0.717) is 0 Å². The summed E-state index contributed by atoms with van der Waals surface area (Å²) in [5.41, 5.74) is 0. The minimum Gasteiger partial charge on any atom is -1.00 e. The van der Waals surface area contributed by atoms with Crippen molar-refractivity contribution in [3.05, 3.63) is 0 Å². The molecule has 0 bridgehead atoms. The maximum atomic E-state index is 10.4. The molecule has 0 unspecified atom stereocenters. The molecule has 0 rings (SSSR count). The van der Waals surface area contributed by atoms with Gasteiger partial charge in [-0.3, -0.25) is 9.79 Å². The van der Waals surface area contributed by atoms with Crippen LogP contribution in [0.5, 0.6) is 0 Å². The SMILES string of the molecule is O=P(O)(O)F.[AlH3].[H-].[Li+].[V]. The van der Waals surface area contributed by atoms with Gasteiger partial charge in [-0.25, -0.2) is 4.57 Å². The third-order valence-electron chi connectivity index (χ3n) is 0. The van der Waals surface area contributed by atoms with Crippen LogP contribution in [0.2, 0.25) is 0 Å². The van der Waals surface area contributed by atoms with Gasteiger partial charge in [-0.1, -0.05) is 0 Å². The van der Waals surface area contributed by atoms with E-state index in [1.807, 2.05) is 0 Å². The van der Waals surface area contributed by atoms with Gasteiger partial charge in [0.05, 0.1) is 0 Å². The number of hydrogen-bond acceptors (Lipinski definition) is 1. The van der Waals surface area contributed by atoms with E-state index in [1.165, 1.54) is 0 Å². The van der Waals surface area contributed by atoms with E-state index in [1.54, 1.807) is 0 Å². The zero-order chi connectivity index (χ0) is 4.50. The molecule has 0 fully saturated rings. The van der Waals surface area contributed by atoms with E-state index >= 15 is 0 Å². The molecule has 3 nitrogen and oxygen atoms in total. The molecule has 1 radical (unpaired) electrons. The first-order valence-corrected chi connectivity index (χ1v) is 2.25. The molecule has 0 aromatic rings. The van der Waals surface area contributed by atoms with E-state index < -0.39 is 7.91 Å². The summed E-state index contributed by atoms with van der Waals surface area (Å²) in [5, 5.41) is 0. The van der Waals surface area contributed by atoms with Crippen LogP contribution in [0.1, 0.15) is 1.43 Å². The summed E-state index contributed by atoms with van der Waals surface area (Å²) in [6, 6.07) is 0. The van der Waals surface area contributed by atoms with Crippen molar-refractivity contribution in [3.63, 3.8) is 0 Å². The number of halogens is 1. The van der Waals surface area contributed by atoms with Crippen molar-refractivity contribution in [1.29, 1.82) is 0 Å².